The number of hydrogen-bond acceptors (Lipinski definition) is 8. The van der Waals surface area contributed by atoms with Gasteiger partial charge < -0.3 is 10.1 Å². The van der Waals surface area contributed by atoms with Gasteiger partial charge in [-0.15, -0.1) is 16.4 Å². The van der Waals surface area contributed by atoms with Crippen LogP contribution in [0.15, 0.2) is 35.5 Å². The lowest BCUT2D eigenvalue weighted by Crippen LogP contribution is -2.16. The summed E-state index contributed by atoms with van der Waals surface area (Å²) in [6, 6.07) is 8.11. The molecule has 0 aliphatic carbocycles. The standard InChI is InChI=1S/C22H20FN5O3S2/c1-4-31-21(30)18-17(16-11(2)9-12(3)24-20(16)33-18)25-15(29)10-32-22-26-19(27-28-22)13-7-5-6-8-14(13)23/h5-9H,4,10H2,1-3H3,(H,25,29)(H,26,27,28). The highest BCUT2D eigenvalue weighted by molar-refractivity contribution is 7.99. The number of thioether (sulfide) groups is 1. The molecule has 0 aliphatic heterocycles. The fraction of sp³-hybridized carbons (Fsp3) is 0.227. The second-order valence-corrected chi connectivity index (χ2v) is 9.01. The van der Waals surface area contributed by atoms with Crippen LogP contribution in [0.5, 0.6) is 0 Å². The van der Waals surface area contributed by atoms with Gasteiger partial charge in [-0.1, -0.05) is 23.9 Å². The van der Waals surface area contributed by atoms with E-state index in [0.717, 1.165) is 23.0 Å². The Labute approximate surface area is 197 Å². The molecular formula is C22H20FN5O3S2. The number of H-pyrrole nitrogens is 1. The molecule has 0 radical (unpaired) electrons. The zero-order chi connectivity index (χ0) is 23.5. The summed E-state index contributed by atoms with van der Waals surface area (Å²) >= 11 is 2.28. The first-order chi connectivity index (χ1) is 15.9. The van der Waals surface area contributed by atoms with Crippen molar-refractivity contribution in [2.24, 2.45) is 0 Å². The monoisotopic (exact) mass is 485 g/mol. The quantitative estimate of drug-likeness (QED) is 0.287. The first kappa shape index (κ1) is 22.9. The van der Waals surface area contributed by atoms with E-state index < -0.39 is 11.8 Å². The van der Waals surface area contributed by atoms with E-state index in [1.807, 2.05) is 19.9 Å². The number of halogens is 1. The number of rotatable bonds is 7. The van der Waals surface area contributed by atoms with Gasteiger partial charge in [0.15, 0.2) is 5.82 Å². The number of carbonyl (C=O) groups is 2. The van der Waals surface area contributed by atoms with Gasteiger partial charge >= 0.3 is 5.97 Å². The SMILES string of the molecule is CCOC(=O)c1sc2nc(C)cc(C)c2c1NC(=O)CSc1n[nH]c(-c2ccccc2F)n1. The summed E-state index contributed by atoms with van der Waals surface area (Å²) in [5.41, 5.74) is 2.41. The van der Waals surface area contributed by atoms with Crippen LogP contribution in [0.25, 0.3) is 21.6 Å². The highest BCUT2D eigenvalue weighted by Gasteiger charge is 2.24. The molecule has 11 heteroatoms. The Morgan fingerprint density at radius 1 is 1.24 bits per heavy atom. The number of nitrogens with zero attached hydrogens (tertiary/aromatic N) is 3. The number of thiophene rings is 1. The van der Waals surface area contributed by atoms with Crippen molar-refractivity contribution in [3.8, 4) is 11.4 Å². The van der Waals surface area contributed by atoms with Crippen molar-refractivity contribution in [3.63, 3.8) is 0 Å². The van der Waals surface area contributed by atoms with Crippen molar-refractivity contribution in [3.05, 3.63) is 52.3 Å². The van der Waals surface area contributed by atoms with Gasteiger partial charge in [0, 0.05) is 11.1 Å². The molecule has 4 aromatic rings. The van der Waals surface area contributed by atoms with E-state index in [1.165, 1.54) is 17.4 Å². The minimum atomic E-state index is -0.510. The third kappa shape index (κ3) is 4.88. The maximum absolute atomic E-state index is 14.0. The molecule has 0 spiro atoms. The molecule has 3 aromatic heterocycles. The minimum Gasteiger partial charge on any atom is -0.462 e. The van der Waals surface area contributed by atoms with Crippen molar-refractivity contribution < 1.29 is 18.7 Å². The number of esters is 1. The number of amides is 1. The number of ether oxygens (including phenoxy) is 1. The summed E-state index contributed by atoms with van der Waals surface area (Å²) in [5.74, 6) is -1.00. The number of aromatic nitrogens is 4. The molecule has 0 bridgehead atoms. The Morgan fingerprint density at radius 2 is 2.03 bits per heavy atom. The Kier molecular flexibility index (Phi) is 6.70. The van der Waals surface area contributed by atoms with Crippen LogP contribution in [0, 0.1) is 19.7 Å². The number of fused-ring (bicyclic) bond motifs is 1. The van der Waals surface area contributed by atoms with Crippen LogP contribution < -0.4 is 5.32 Å². The average molecular weight is 486 g/mol. The zero-order valence-electron chi connectivity index (χ0n) is 18.1. The highest BCUT2D eigenvalue weighted by Crippen LogP contribution is 2.38. The van der Waals surface area contributed by atoms with Gasteiger partial charge in [0.2, 0.25) is 11.1 Å². The molecule has 4 rings (SSSR count). The Hall–Kier alpha value is -3.31. The van der Waals surface area contributed by atoms with Crippen LogP contribution in [-0.4, -0.2) is 44.4 Å². The van der Waals surface area contributed by atoms with E-state index in [4.69, 9.17) is 4.74 Å². The van der Waals surface area contributed by atoms with Crippen molar-refractivity contribution in [1.29, 1.82) is 0 Å². The second kappa shape index (κ2) is 9.67. The number of benzene rings is 1. The van der Waals surface area contributed by atoms with Crippen molar-refractivity contribution in [2.45, 2.75) is 25.9 Å². The number of anilines is 1. The molecule has 0 atom stereocenters. The van der Waals surface area contributed by atoms with Gasteiger partial charge in [-0.2, -0.15) is 0 Å². The Bertz CT molecular complexity index is 1350. The molecule has 0 saturated heterocycles. The van der Waals surface area contributed by atoms with E-state index in [0.29, 0.717) is 31.5 Å². The van der Waals surface area contributed by atoms with E-state index >= 15 is 0 Å². The van der Waals surface area contributed by atoms with Crippen molar-refractivity contribution in [1.82, 2.24) is 20.2 Å². The highest BCUT2D eigenvalue weighted by atomic mass is 32.2. The number of hydrogen-bond donors (Lipinski definition) is 2. The van der Waals surface area contributed by atoms with Gasteiger partial charge in [-0.05, 0) is 44.5 Å². The van der Waals surface area contributed by atoms with Crippen LogP contribution in [0.2, 0.25) is 0 Å². The van der Waals surface area contributed by atoms with Crippen molar-refractivity contribution in [2.75, 3.05) is 17.7 Å². The lowest BCUT2D eigenvalue weighted by atomic mass is 10.1. The van der Waals surface area contributed by atoms with E-state index in [2.05, 4.69) is 25.5 Å². The molecule has 33 heavy (non-hydrogen) atoms. The molecule has 0 saturated carbocycles. The average Bonchev–Trinajstić information content (AvgIpc) is 3.38. The van der Waals surface area contributed by atoms with Crippen LogP contribution in [0.3, 0.4) is 0 Å². The van der Waals surface area contributed by atoms with Crippen molar-refractivity contribution >= 4 is 50.9 Å². The second-order valence-electron chi connectivity index (χ2n) is 7.07. The number of aromatic amines is 1. The molecular weight excluding hydrogens is 465 g/mol. The largest absolute Gasteiger partial charge is 0.462 e. The predicted octanol–water partition coefficient (Wildman–Crippen LogP) is 4.74. The number of pyridine rings is 1. The van der Waals surface area contributed by atoms with Crippen LogP contribution in [0.1, 0.15) is 27.9 Å². The molecule has 0 fully saturated rings. The zero-order valence-corrected chi connectivity index (χ0v) is 19.7. The minimum absolute atomic E-state index is 0.00743. The molecule has 0 aliphatic rings. The lowest BCUT2D eigenvalue weighted by molar-refractivity contribution is -0.113. The van der Waals surface area contributed by atoms with Gasteiger partial charge in [0.05, 0.1) is 23.6 Å². The summed E-state index contributed by atoms with van der Waals surface area (Å²) < 4.78 is 19.1. The van der Waals surface area contributed by atoms with Gasteiger partial charge in [0.1, 0.15) is 15.5 Å². The summed E-state index contributed by atoms with van der Waals surface area (Å²) in [7, 11) is 0. The van der Waals surface area contributed by atoms with Gasteiger partial charge in [-0.3, -0.25) is 9.89 Å². The van der Waals surface area contributed by atoms with E-state index in [-0.39, 0.29) is 24.1 Å². The first-order valence-electron chi connectivity index (χ1n) is 10.0. The molecule has 1 aromatic carbocycles. The number of carbonyl (C=O) groups excluding carboxylic acids is 2. The molecule has 1 amide bonds. The molecule has 8 nitrogen and oxygen atoms in total. The maximum atomic E-state index is 14.0. The van der Waals surface area contributed by atoms with Gasteiger partial charge in [0.25, 0.3) is 0 Å². The first-order valence-corrected chi connectivity index (χ1v) is 11.9. The van der Waals surface area contributed by atoms with E-state index in [1.54, 1.807) is 25.1 Å². The third-order valence-corrected chi connectivity index (χ3v) is 6.55. The lowest BCUT2D eigenvalue weighted by Gasteiger charge is -2.08. The topological polar surface area (TPSA) is 110 Å². The van der Waals surface area contributed by atoms with Crippen LogP contribution >= 0.6 is 23.1 Å². The van der Waals surface area contributed by atoms with Gasteiger partial charge in [-0.25, -0.2) is 19.2 Å². The number of nitrogens with one attached hydrogen (secondary N) is 2. The maximum Gasteiger partial charge on any atom is 0.350 e. The molecule has 0 unspecified atom stereocenters. The summed E-state index contributed by atoms with van der Waals surface area (Å²) in [4.78, 5) is 34.9. The molecule has 3 heterocycles. The summed E-state index contributed by atoms with van der Waals surface area (Å²) in [6.45, 7) is 5.72. The third-order valence-electron chi connectivity index (χ3n) is 4.64. The Morgan fingerprint density at radius 3 is 2.79 bits per heavy atom. The normalized spacial score (nSPS) is 11.0. The summed E-state index contributed by atoms with van der Waals surface area (Å²) in [5, 5.41) is 10.6. The molecule has 2 N–H and O–H groups in total. The fourth-order valence-corrected chi connectivity index (χ4v) is 5.04. The Balaban J connectivity index is 1.53. The van der Waals surface area contributed by atoms with E-state index in [9.17, 15) is 14.0 Å². The van der Waals surface area contributed by atoms with Crippen LogP contribution in [0.4, 0.5) is 10.1 Å². The van der Waals surface area contributed by atoms with Crippen LogP contribution in [-0.2, 0) is 9.53 Å². The number of aryl methyl sites for hydroxylation is 2. The summed E-state index contributed by atoms with van der Waals surface area (Å²) in [6.07, 6.45) is 0. The predicted molar refractivity (Wildman–Crippen MR) is 126 cm³/mol. The fourth-order valence-electron chi connectivity index (χ4n) is 3.29. The smallest absolute Gasteiger partial charge is 0.350 e. The molecule has 170 valence electrons.